The Morgan fingerprint density at radius 3 is 2.57 bits per heavy atom. The first-order valence-corrected chi connectivity index (χ1v) is 9.58. The number of benzene rings is 1. The van der Waals surface area contributed by atoms with E-state index in [0.29, 0.717) is 17.4 Å². The lowest BCUT2D eigenvalue weighted by molar-refractivity contribution is 0.260. The summed E-state index contributed by atoms with van der Waals surface area (Å²) in [5, 5.41) is 3.05. The number of hydrogen-bond donors (Lipinski definition) is 2. The molecule has 0 amide bonds. The molecule has 1 aliphatic carbocycles. The summed E-state index contributed by atoms with van der Waals surface area (Å²) in [5.74, 6) is 0.476. The van der Waals surface area contributed by atoms with Crippen molar-refractivity contribution in [3.05, 3.63) is 27.7 Å². The monoisotopic (exact) mass is 374 g/mol. The van der Waals surface area contributed by atoms with Crippen LogP contribution in [0.1, 0.15) is 37.3 Å². The van der Waals surface area contributed by atoms with E-state index in [1.807, 2.05) is 27.0 Å². The highest BCUT2D eigenvalue weighted by atomic mass is 79.9. The Morgan fingerprint density at radius 1 is 1.38 bits per heavy atom. The summed E-state index contributed by atoms with van der Waals surface area (Å²) >= 11 is 3.46. The molecule has 1 aromatic rings. The second-order valence-electron chi connectivity index (χ2n) is 5.83. The highest BCUT2D eigenvalue weighted by Gasteiger charge is 2.29. The summed E-state index contributed by atoms with van der Waals surface area (Å²) in [6, 6.07) is 3.71. The Kier molecular flexibility index (Phi) is 5.46. The smallest absolute Gasteiger partial charge is 0.241 e. The molecule has 1 fully saturated rings. The van der Waals surface area contributed by atoms with Gasteiger partial charge in [-0.25, -0.2) is 13.1 Å². The molecule has 2 N–H and O–H groups in total. The van der Waals surface area contributed by atoms with Gasteiger partial charge in [-0.1, -0.05) is 22.4 Å². The van der Waals surface area contributed by atoms with E-state index >= 15 is 0 Å². The maximum absolute atomic E-state index is 12.7. The van der Waals surface area contributed by atoms with E-state index in [4.69, 9.17) is 0 Å². The molecule has 1 aromatic carbocycles. The van der Waals surface area contributed by atoms with Crippen molar-refractivity contribution in [1.29, 1.82) is 0 Å². The van der Waals surface area contributed by atoms with Gasteiger partial charge in [-0.2, -0.15) is 0 Å². The Labute approximate surface area is 135 Å². The summed E-state index contributed by atoms with van der Waals surface area (Å²) in [7, 11) is -1.64. The Hall–Kier alpha value is -0.430. The van der Waals surface area contributed by atoms with Gasteiger partial charge >= 0.3 is 0 Å². The highest BCUT2D eigenvalue weighted by Crippen LogP contribution is 2.31. The summed E-state index contributed by atoms with van der Waals surface area (Å²) in [6.07, 6.45) is 3.44. The van der Waals surface area contributed by atoms with Crippen LogP contribution in [-0.4, -0.2) is 21.5 Å². The normalized spacial score (nSPS) is 17.5. The van der Waals surface area contributed by atoms with E-state index in [-0.39, 0.29) is 6.04 Å². The molecule has 0 saturated heterocycles. The van der Waals surface area contributed by atoms with Gasteiger partial charge in [0.2, 0.25) is 10.0 Å². The molecule has 6 heteroatoms. The standard InChI is InChI=1S/C15H23BrN2O2S/c1-10-14(16)7-12(9-17-3)8-15(10)21(19,20)18-11(2)13-5-4-6-13/h7-8,11,13,17-18H,4-6,9H2,1-3H3. The van der Waals surface area contributed by atoms with E-state index in [9.17, 15) is 8.42 Å². The molecule has 118 valence electrons. The van der Waals surface area contributed by atoms with Crippen LogP contribution in [0, 0.1) is 12.8 Å². The SMILES string of the molecule is CNCc1cc(Br)c(C)c(S(=O)(=O)NC(C)C2CCC2)c1. The molecular weight excluding hydrogens is 352 g/mol. The Balaban J connectivity index is 2.29. The van der Waals surface area contributed by atoms with E-state index < -0.39 is 10.0 Å². The van der Waals surface area contributed by atoms with E-state index in [0.717, 1.165) is 28.4 Å². The fraction of sp³-hybridized carbons (Fsp3) is 0.600. The van der Waals surface area contributed by atoms with Crippen LogP contribution in [0.25, 0.3) is 0 Å². The van der Waals surface area contributed by atoms with Gasteiger partial charge in [-0.3, -0.25) is 0 Å². The summed E-state index contributed by atoms with van der Waals surface area (Å²) in [5.41, 5.74) is 1.70. The van der Waals surface area contributed by atoms with Crippen LogP contribution in [0.15, 0.2) is 21.5 Å². The van der Waals surface area contributed by atoms with Gasteiger partial charge in [0.15, 0.2) is 0 Å². The molecule has 0 aromatic heterocycles. The lowest BCUT2D eigenvalue weighted by Gasteiger charge is -2.31. The van der Waals surface area contributed by atoms with Crippen molar-refractivity contribution in [2.75, 3.05) is 7.05 Å². The van der Waals surface area contributed by atoms with E-state index in [1.54, 1.807) is 6.07 Å². The Morgan fingerprint density at radius 2 is 2.05 bits per heavy atom. The maximum atomic E-state index is 12.7. The molecule has 1 saturated carbocycles. The van der Waals surface area contributed by atoms with Crippen molar-refractivity contribution in [3.63, 3.8) is 0 Å². The minimum Gasteiger partial charge on any atom is -0.316 e. The zero-order valence-electron chi connectivity index (χ0n) is 12.7. The molecule has 21 heavy (non-hydrogen) atoms. The minimum atomic E-state index is -3.48. The average Bonchev–Trinajstić information content (AvgIpc) is 2.30. The predicted octanol–water partition coefficient (Wildman–Crippen LogP) is 2.94. The number of sulfonamides is 1. The quantitative estimate of drug-likeness (QED) is 0.804. The lowest BCUT2D eigenvalue weighted by atomic mass is 9.81. The topological polar surface area (TPSA) is 58.2 Å². The minimum absolute atomic E-state index is 0.00474. The molecule has 0 spiro atoms. The number of hydrogen-bond acceptors (Lipinski definition) is 3. The van der Waals surface area contributed by atoms with Crippen molar-refractivity contribution < 1.29 is 8.42 Å². The highest BCUT2D eigenvalue weighted by molar-refractivity contribution is 9.10. The van der Waals surface area contributed by atoms with Gasteiger partial charge in [-0.15, -0.1) is 0 Å². The predicted molar refractivity (Wildman–Crippen MR) is 88.8 cm³/mol. The van der Waals surface area contributed by atoms with Crippen LogP contribution >= 0.6 is 15.9 Å². The number of nitrogens with one attached hydrogen (secondary N) is 2. The van der Waals surface area contributed by atoms with Gasteiger partial charge < -0.3 is 5.32 Å². The fourth-order valence-corrected chi connectivity index (χ4v) is 4.90. The van der Waals surface area contributed by atoms with Gasteiger partial charge in [-0.05, 0) is 62.9 Å². The van der Waals surface area contributed by atoms with Crippen molar-refractivity contribution in [3.8, 4) is 0 Å². The Bertz CT molecular complexity index is 612. The summed E-state index contributed by atoms with van der Waals surface area (Å²) in [6.45, 7) is 4.43. The van der Waals surface area contributed by atoms with Crippen LogP contribution in [0.4, 0.5) is 0 Å². The molecule has 2 rings (SSSR count). The van der Waals surface area contributed by atoms with Gasteiger partial charge in [0, 0.05) is 17.1 Å². The first-order valence-electron chi connectivity index (χ1n) is 7.31. The third-order valence-corrected chi connectivity index (χ3v) is 6.73. The van der Waals surface area contributed by atoms with Crippen LogP contribution in [0.2, 0.25) is 0 Å². The van der Waals surface area contributed by atoms with Gasteiger partial charge in [0.25, 0.3) is 0 Å². The zero-order chi connectivity index (χ0) is 15.6. The molecular formula is C15H23BrN2O2S. The van der Waals surface area contributed by atoms with Crippen molar-refractivity contribution in [1.82, 2.24) is 10.0 Å². The molecule has 0 bridgehead atoms. The first-order chi connectivity index (χ1) is 9.85. The van der Waals surface area contributed by atoms with Gasteiger partial charge in [0.1, 0.15) is 0 Å². The molecule has 1 aliphatic rings. The van der Waals surface area contributed by atoms with E-state index in [1.165, 1.54) is 6.42 Å². The molecule has 4 nitrogen and oxygen atoms in total. The number of halogens is 1. The third-order valence-electron chi connectivity index (χ3n) is 4.22. The third kappa shape index (κ3) is 3.86. The molecule has 0 radical (unpaired) electrons. The molecule has 0 heterocycles. The largest absolute Gasteiger partial charge is 0.316 e. The van der Waals surface area contributed by atoms with Crippen molar-refractivity contribution >= 4 is 26.0 Å². The maximum Gasteiger partial charge on any atom is 0.241 e. The van der Waals surface area contributed by atoms with E-state index in [2.05, 4.69) is 26.0 Å². The van der Waals surface area contributed by atoms with Crippen LogP contribution < -0.4 is 10.0 Å². The first kappa shape index (κ1) is 16.9. The second-order valence-corrected chi connectivity index (χ2v) is 8.37. The van der Waals surface area contributed by atoms with Crippen LogP contribution in [0.5, 0.6) is 0 Å². The summed E-state index contributed by atoms with van der Waals surface area (Å²) in [4.78, 5) is 0.369. The molecule has 1 atom stereocenters. The fourth-order valence-electron chi connectivity index (χ4n) is 2.64. The second kappa shape index (κ2) is 6.77. The van der Waals surface area contributed by atoms with Crippen molar-refractivity contribution in [2.45, 2.75) is 50.6 Å². The van der Waals surface area contributed by atoms with Gasteiger partial charge in [0.05, 0.1) is 4.90 Å². The average molecular weight is 375 g/mol. The zero-order valence-corrected chi connectivity index (χ0v) is 15.1. The van der Waals surface area contributed by atoms with Crippen LogP contribution in [-0.2, 0) is 16.6 Å². The van der Waals surface area contributed by atoms with Crippen molar-refractivity contribution in [2.24, 2.45) is 5.92 Å². The van der Waals surface area contributed by atoms with Crippen LogP contribution in [0.3, 0.4) is 0 Å². The molecule has 0 aliphatic heterocycles. The summed E-state index contributed by atoms with van der Waals surface area (Å²) < 4.78 is 29.0. The lowest BCUT2D eigenvalue weighted by Crippen LogP contribution is -2.40. The number of rotatable bonds is 6. The molecule has 1 unspecified atom stereocenters.